The molecule has 0 bridgehead atoms. The molecule has 1 N–H and O–H groups in total. The number of carbonyl (C=O) groups is 1. The van der Waals surface area contributed by atoms with Crippen LogP contribution in [0.1, 0.15) is 47.2 Å². The minimum atomic E-state index is -0.139. The van der Waals surface area contributed by atoms with E-state index in [1.165, 1.54) is 5.56 Å². The number of benzene rings is 1. The molecule has 134 valence electrons. The van der Waals surface area contributed by atoms with Crippen LogP contribution in [0.15, 0.2) is 29.6 Å². The molecule has 6 heteroatoms. The number of hydrogen-bond acceptors (Lipinski definition) is 5. The third kappa shape index (κ3) is 4.66. The number of hydrogen-bond donors (Lipinski definition) is 1. The number of nitrogens with zero attached hydrogens (tertiary/aromatic N) is 2. The van der Waals surface area contributed by atoms with Crippen molar-refractivity contribution < 1.29 is 9.53 Å². The third-order valence-corrected chi connectivity index (χ3v) is 5.43. The Hall–Kier alpha value is -1.76. The van der Waals surface area contributed by atoms with Crippen molar-refractivity contribution >= 4 is 22.9 Å². The smallest absolute Gasteiger partial charge is 0.275 e. The summed E-state index contributed by atoms with van der Waals surface area (Å²) in [5.41, 5.74) is 2.54. The summed E-state index contributed by atoms with van der Waals surface area (Å²) < 4.78 is 5.36. The lowest BCUT2D eigenvalue weighted by Gasteiger charge is -2.25. The highest BCUT2D eigenvalue weighted by atomic mass is 32.1. The minimum absolute atomic E-state index is 0.139. The Labute approximate surface area is 153 Å². The SMILES string of the molecule is CCC(C)c1ccccc1NC(=O)c1csc(CN2CCOCC2)n1. The van der Waals surface area contributed by atoms with Gasteiger partial charge in [0.2, 0.25) is 0 Å². The third-order valence-electron chi connectivity index (χ3n) is 4.60. The second kappa shape index (κ2) is 8.56. The number of amides is 1. The Morgan fingerprint density at radius 1 is 1.36 bits per heavy atom. The molecule has 1 unspecified atom stereocenters. The van der Waals surface area contributed by atoms with E-state index in [1.54, 1.807) is 11.3 Å². The molecule has 1 aromatic heterocycles. The number of para-hydroxylation sites is 1. The first-order chi connectivity index (χ1) is 12.2. The quantitative estimate of drug-likeness (QED) is 0.854. The number of carbonyl (C=O) groups excluding carboxylic acids is 1. The van der Waals surface area contributed by atoms with E-state index in [0.717, 1.165) is 50.0 Å². The van der Waals surface area contributed by atoms with Crippen LogP contribution in [-0.2, 0) is 11.3 Å². The number of anilines is 1. The highest BCUT2D eigenvalue weighted by molar-refractivity contribution is 7.09. The highest BCUT2D eigenvalue weighted by Gasteiger charge is 2.17. The molecule has 1 aliphatic rings. The van der Waals surface area contributed by atoms with Crippen LogP contribution in [0.25, 0.3) is 0 Å². The fourth-order valence-corrected chi connectivity index (χ4v) is 3.70. The van der Waals surface area contributed by atoms with E-state index in [1.807, 2.05) is 23.6 Å². The van der Waals surface area contributed by atoms with Gasteiger partial charge in [0.05, 0.1) is 19.8 Å². The minimum Gasteiger partial charge on any atom is -0.379 e. The van der Waals surface area contributed by atoms with Gasteiger partial charge in [-0.1, -0.05) is 32.0 Å². The Kier molecular flexibility index (Phi) is 6.18. The molecule has 1 fully saturated rings. The van der Waals surface area contributed by atoms with Crippen molar-refractivity contribution in [1.82, 2.24) is 9.88 Å². The fraction of sp³-hybridized carbons (Fsp3) is 0.474. The first kappa shape index (κ1) is 18.0. The molecule has 0 radical (unpaired) electrons. The van der Waals surface area contributed by atoms with Crippen molar-refractivity contribution in [3.63, 3.8) is 0 Å². The Morgan fingerprint density at radius 2 is 2.12 bits per heavy atom. The second-order valence-corrected chi connectivity index (χ2v) is 7.31. The van der Waals surface area contributed by atoms with Crippen molar-refractivity contribution in [2.75, 3.05) is 31.6 Å². The molecule has 1 atom stereocenters. The molecule has 1 saturated heterocycles. The largest absolute Gasteiger partial charge is 0.379 e. The van der Waals surface area contributed by atoms with Gasteiger partial charge >= 0.3 is 0 Å². The Bertz CT molecular complexity index is 710. The van der Waals surface area contributed by atoms with Gasteiger partial charge in [0.1, 0.15) is 10.7 Å². The van der Waals surface area contributed by atoms with Gasteiger partial charge in [-0.05, 0) is 24.0 Å². The summed E-state index contributed by atoms with van der Waals surface area (Å²) in [6.45, 7) is 8.49. The Morgan fingerprint density at radius 3 is 2.88 bits per heavy atom. The number of thiazole rings is 1. The molecule has 0 spiro atoms. The molecule has 3 rings (SSSR count). The molecule has 25 heavy (non-hydrogen) atoms. The molecular formula is C19H25N3O2S. The molecular weight excluding hydrogens is 334 g/mol. The van der Waals surface area contributed by atoms with Crippen LogP contribution in [-0.4, -0.2) is 42.1 Å². The van der Waals surface area contributed by atoms with Crippen LogP contribution in [0.5, 0.6) is 0 Å². The van der Waals surface area contributed by atoms with Gasteiger partial charge in [-0.2, -0.15) is 0 Å². The molecule has 1 aliphatic heterocycles. The van der Waals surface area contributed by atoms with Gasteiger partial charge in [-0.25, -0.2) is 4.98 Å². The zero-order valence-electron chi connectivity index (χ0n) is 14.8. The predicted octanol–water partition coefficient (Wildman–Crippen LogP) is 3.74. The van der Waals surface area contributed by atoms with Crippen molar-refractivity contribution in [1.29, 1.82) is 0 Å². The van der Waals surface area contributed by atoms with Gasteiger partial charge in [0, 0.05) is 24.2 Å². The van der Waals surface area contributed by atoms with Gasteiger partial charge in [-0.15, -0.1) is 11.3 Å². The lowest BCUT2D eigenvalue weighted by Crippen LogP contribution is -2.35. The van der Waals surface area contributed by atoms with E-state index in [4.69, 9.17) is 4.74 Å². The zero-order chi connectivity index (χ0) is 17.6. The normalized spacial score (nSPS) is 16.6. The van der Waals surface area contributed by atoms with Crippen LogP contribution in [0.3, 0.4) is 0 Å². The van der Waals surface area contributed by atoms with E-state index >= 15 is 0 Å². The van der Waals surface area contributed by atoms with E-state index < -0.39 is 0 Å². The maximum Gasteiger partial charge on any atom is 0.275 e. The highest BCUT2D eigenvalue weighted by Crippen LogP contribution is 2.27. The monoisotopic (exact) mass is 359 g/mol. The summed E-state index contributed by atoms with van der Waals surface area (Å²) in [7, 11) is 0. The van der Waals surface area contributed by atoms with E-state index in [2.05, 4.69) is 35.1 Å². The van der Waals surface area contributed by atoms with Crippen LogP contribution in [0, 0.1) is 0 Å². The summed E-state index contributed by atoms with van der Waals surface area (Å²) in [6, 6.07) is 8.00. The summed E-state index contributed by atoms with van der Waals surface area (Å²) >= 11 is 1.54. The molecule has 0 aliphatic carbocycles. The molecule has 1 amide bonds. The van der Waals surface area contributed by atoms with Crippen molar-refractivity contribution in [2.45, 2.75) is 32.7 Å². The van der Waals surface area contributed by atoms with Crippen molar-refractivity contribution in [2.24, 2.45) is 0 Å². The first-order valence-electron chi connectivity index (χ1n) is 8.82. The number of rotatable bonds is 6. The van der Waals surface area contributed by atoms with E-state index in [9.17, 15) is 4.79 Å². The fourth-order valence-electron chi connectivity index (χ4n) is 2.89. The van der Waals surface area contributed by atoms with Crippen molar-refractivity contribution in [3.05, 3.63) is 45.9 Å². The standard InChI is InChI=1S/C19H25N3O2S/c1-3-14(2)15-6-4-5-7-16(15)21-19(23)17-13-25-18(20-17)12-22-8-10-24-11-9-22/h4-7,13-14H,3,8-12H2,1-2H3,(H,21,23). The van der Waals surface area contributed by atoms with Gasteiger partial charge in [0.15, 0.2) is 0 Å². The number of morpholine rings is 1. The van der Waals surface area contributed by atoms with Crippen LogP contribution >= 0.6 is 11.3 Å². The molecule has 1 aromatic carbocycles. The van der Waals surface area contributed by atoms with E-state index in [-0.39, 0.29) is 5.91 Å². The van der Waals surface area contributed by atoms with E-state index in [0.29, 0.717) is 11.6 Å². The average molecular weight is 359 g/mol. The molecule has 2 aromatic rings. The van der Waals surface area contributed by atoms with Gasteiger partial charge < -0.3 is 10.1 Å². The average Bonchev–Trinajstić information content (AvgIpc) is 3.11. The van der Waals surface area contributed by atoms with Crippen molar-refractivity contribution in [3.8, 4) is 0 Å². The van der Waals surface area contributed by atoms with Crippen LogP contribution in [0.4, 0.5) is 5.69 Å². The number of ether oxygens (including phenoxy) is 1. The number of nitrogens with one attached hydrogen (secondary N) is 1. The molecule has 0 saturated carbocycles. The predicted molar refractivity (Wildman–Crippen MR) is 101 cm³/mol. The summed E-state index contributed by atoms with van der Waals surface area (Å²) in [5, 5.41) is 5.85. The van der Waals surface area contributed by atoms with Crippen LogP contribution in [0.2, 0.25) is 0 Å². The zero-order valence-corrected chi connectivity index (χ0v) is 15.6. The maximum atomic E-state index is 12.6. The Balaban J connectivity index is 1.66. The second-order valence-electron chi connectivity index (χ2n) is 6.37. The molecule has 5 nitrogen and oxygen atoms in total. The van der Waals surface area contributed by atoms with Gasteiger partial charge in [0.25, 0.3) is 5.91 Å². The summed E-state index contributed by atoms with van der Waals surface area (Å²) in [4.78, 5) is 19.4. The van der Waals surface area contributed by atoms with Gasteiger partial charge in [-0.3, -0.25) is 9.69 Å². The lowest BCUT2D eigenvalue weighted by atomic mass is 9.97. The first-order valence-corrected chi connectivity index (χ1v) is 9.70. The number of aromatic nitrogens is 1. The maximum absolute atomic E-state index is 12.6. The summed E-state index contributed by atoms with van der Waals surface area (Å²) in [5.74, 6) is 0.268. The topological polar surface area (TPSA) is 54.5 Å². The summed E-state index contributed by atoms with van der Waals surface area (Å²) in [6.07, 6.45) is 1.04. The molecule has 2 heterocycles. The van der Waals surface area contributed by atoms with Crippen LogP contribution < -0.4 is 5.32 Å². The lowest BCUT2D eigenvalue weighted by molar-refractivity contribution is 0.0341.